The fraction of sp³-hybridized carbons (Fsp3) is 0.286. The fourth-order valence-electron chi connectivity index (χ4n) is 1.39. The van der Waals surface area contributed by atoms with Gasteiger partial charge in [0.2, 0.25) is 5.91 Å². The minimum absolute atomic E-state index is 0.0215. The van der Waals surface area contributed by atoms with Crippen molar-refractivity contribution in [1.82, 2.24) is 10.6 Å². The van der Waals surface area contributed by atoms with Crippen LogP contribution in [0.1, 0.15) is 18.9 Å². The smallest absolute Gasteiger partial charge is 0.250 e. The van der Waals surface area contributed by atoms with E-state index < -0.39 is 0 Å². The van der Waals surface area contributed by atoms with E-state index in [0.29, 0.717) is 0 Å². The first-order valence-electron chi connectivity index (χ1n) is 6.11. The minimum Gasteiger partial charge on any atom is -0.394 e. The van der Waals surface area contributed by atoms with Crippen LogP contribution in [0.4, 0.5) is 0 Å². The molecule has 0 fully saturated rings. The molecule has 1 unspecified atom stereocenters. The number of amides is 1. The molecule has 0 aliphatic rings. The highest BCUT2D eigenvalue weighted by molar-refractivity contribution is 7.80. The molecular weight excluding hydrogens is 260 g/mol. The number of benzene rings is 1. The van der Waals surface area contributed by atoms with Crippen molar-refractivity contribution in [2.75, 3.05) is 6.61 Å². The monoisotopic (exact) mass is 278 g/mol. The van der Waals surface area contributed by atoms with E-state index in [9.17, 15) is 4.79 Å². The SMILES string of the molecule is CCC(CO)NC(=S)NC(=O)/C=C/c1ccccc1. The molecule has 1 aromatic carbocycles. The van der Waals surface area contributed by atoms with Gasteiger partial charge < -0.3 is 10.4 Å². The number of aliphatic hydroxyl groups excluding tert-OH is 1. The maximum atomic E-state index is 11.6. The summed E-state index contributed by atoms with van der Waals surface area (Å²) in [6.45, 7) is 1.90. The normalized spacial score (nSPS) is 12.1. The summed E-state index contributed by atoms with van der Waals surface area (Å²) in [7, 11) is 0. The van der Waals surface area contributed by atoms with Crippen LogP contribution in [0, 0.1) is 0 Å². The summed E-state index contributed by atoms with van der Waals surface area (Å²) in [4.78, 5) is 11.6. The second kappa shape index (κ2) is 8.39. The van der Waals surface area contributed by atoms with Crippen LogP contribution in [0.15, 0.2) is 36.4 Å². The van der Waals surface area contributed by atoms with Gasteiger partial charge in [-0.1, -0.05) is 37.3 Å². The Kier molecular flexibility index (Phi) is 6.78. The molecule has 0 radical (unpaired) electrons. The Morgan fingerprint density at radius 2 is 2.11 bits per heavy atom. The Labute approximate surface area is 118 Å². The molecule has 0 aliphatic heterocycles. The zero-order valence-electron chi connectivity index (χ0n) is 10.8. The van der Waals surface area contributed by atoms with Gasteiger partial charge in [0.1, 0.15) is 0 Å². The number of aliphatic hydroxyl groups is 1. The van der Waals surface area contributed by atoms with Crippen LogP contribution in [0.3, 0.4) is 0 Å². The van der Waals surface area contributed by atoms with Gasteiger partial charge in [-0.3, -0.25) is 10.1 Å². The topological polar surface area (TPSA) is 61.4 Å². The van der Waals surface area contributed by atoms with E-state index in [1.165, 1.54) is 6.08 Å². The zero-order valence-corrected chi connectivity index (χ0v) is 11.6. The Morgan fingerprint density at radius 1 is 1.42 bits per heavy atom. The average Bonchev–Trinajstić information content (AvgIpc) is 2.43. The Hall–Kier alpha value is -1.72. The molecule has 1 atom stereocenters. The standard InChI is InChI=1S/C14H18N2O2S/c1-2-12(10-17)15-14(19)16-13(18)9-8-11-6-4-3-5-7-11/h3-9,12,17H,2,10H2,1H3,(H2,15,16,18,19)/b9-8+. The molecule has 0 aliphatic carbocycles. The third kappa shape index (κ3) is 6.13. The van der Waals surface area contributed by atoms with Crippen LogP contribution < -0.4 is 10.6 Å². The molecule has 1 amide bonds. The first kappa shape index (κ1) is 15.3. The molecule has 0 spiro atoms. The van der Waals surface area contributed by atoms with E-state index in [2.05, 4.69) is 10.6 Å². The lowest BCUT2D eigenvalue weighted by molar-refractivity contribution is -0.115. The number of thiocarbonyl (C=S) groups is 1. The summed E-state index contributed by atoms with van der Waals surface area (Å²) >= 11 is 4.98. The van der Waals surface area contributed by atoms with Crippen LogP contribution >= 0.6 is 12.2 Å². The molecule has 102 valence electrons. The largest absolute Gasteiger partial charge is 0.394 e. The van der Waals surface area contributed by atoms with Crippen molar-refractivity contribution >= 4 is 29.3 Å². The summed E-state index contributed by atoms with van der Waals surface area (Å²) in [5.41, 5.74) is 0.943. The second-order valence-corrected chi connectivity index (χ2v) is 4.40. The van der Waals surface area contributed by atoms with Gasteiger partial charge in [-0.25, -0.2) is 0 Å². The lowest BCUT2D eigenvalue weighted by Gasteiger charge is -2.15. The van der Waals surface area contributed by atoms with Crippen molar-refractivity contribution in [2.45, 2.75) is 19.4 Å². The first-order chi connectivity index (χ1) is 9.15. The molecule has 4 nitrogen and oxygen atoms in total. The quantitative estimate of drug-likeness (QED) is 0.564. The molecule has 0 aromatic heterocycles. The number of rotatable bonds is 5. The summed E-state index contributed by atoms with van der Waals surface area (Å²) in [5, 5.41) is 14.6. The van der Waals surface area contributed by atoms with Gasteiger partial charge in [-0.05, 0) is 30.3 Å². The van der Waals surface area contributed by atoms with Crippen molar-refractivity contribution in [2.24, 2.45) is 0 Å². The highest BCUT2D eigenvalue weighted by Crippen LogP contribution is 2.00. The Morgan fingerprint density at radius 3 is 2.68 bits per heavy atom. The lowest BCUT2D eigenvalue weighted by atomic mass is 10.2. The minimum atomic E-state index is -0.297. The summed E-state index contributed by atoms with van der Waals surface area (Å²) in [6.07, 6.45) is 3.86. The van der Waals surface area contributed by atoms with E-state index in [4.69, 9.17) is 17.3 Å². The Bertz CT molecular complexity index is 442. The maximum absolute atomic E-state index is 11.6. The van der Waals surface area contributed by atoms with E-state index >= 15 is 0 Å². The van der Waals surface area contributed by atoms with Crippen LogP contribution in [-0.2, 0) is 4.79 Å². The molecule has 1 aromatic rings. The molecule has 0 heterocycles. The van der Waals surface area contributed by atoms with Crippen molar-refractivity contribution < 1.29 is 9.90 Å². The summed E-state index contributed by atoms with van der Waals surface area (Å²) in [6, 6.07) is 9.38. The average molecular weight is 278 g/mol. The van der Waals surface area contributed by atoms with Crippen LogP contribution in [0.5, 0.6) is 0 Å². The van der Waals surface area contributed by atoms with Crippen molar-refractivity contribution in [3.05, 3.63) is 42.0 Å². The number of carbonyl (C=O) groups is 1. The predicted octanol–water partition coefficient (Wildman–Crippen LogP) is 1.46. The summed E-state index contributed by atoms with van der Waals surface area (Å²) in [5.74, 6) is -0.297. The molecular formula is C14H18N2O2S. The van der Waals surface area contributed by atoms with Gasteiger partial charge in [0.05, 0.1) is 12.6 Å². The molecule has 0 saturated carbocycles. The van der Waals surface area contributed by atoms with Crippen LogP contribution in [0.25, 0.3) is 6.08 Å². The molecule has 5 heteroatoms. The number of carbonyl (C=O) groups excluding carboxylic acids is 1. The van der Waals surface area contributed by atoms with Gasteiger partial charge in [0, 0.05) is 6.08 Å². The van der Waals surface area contributed by atoms with E-state index in [-0.39, 0.29) is 23.7 Å². The molecule has 19 heavy (non-hydrogen) atoms. The number of nitrogens with one attached hydrogen (secondary N) is 2. The van der Waals surface area contributed by atoms with Gasteiger partial charge in [-0.15, -0.1) is 0 Å². The van der Waals surface area contributed by atoms with Gasteiger partial charge >= 0.3 is 0 Å². The van der Waals surface area contributed by atoms with Crippen molar-refractivity contribution in [3.8, 4) is 0 Å². The number of hydrogen-bond acceptors (Lipinski definition) is 3. The van der Waals surface area contributed by atoms with Crippen LogP contribution in [-0.4, -0.2) is 28.8 Å². The molecule has 3 N–H and O–H groups in total. The highest BCUT2D eigenvalue weighted by Gasteiger charge is 2.07. The van der Waals surface area contributed by atoms with E-state index in [1.54, 1.807) is 6.08 Å². The third-order valence-electron chi connectivity index (χ3n) is 2.51. The van der Waals surface area contributed by atoms with Gasteiger partial charge in [0.15, 0.2) is 5.11 Å². The fourth-order valence-corrected chi connectivity index (χ4v) is 1.66. The lowest BCUT2D eigenvalue weighted by Crippen LogP contribution is -2.45. The number of hydrogen-bond donors (Lipinski definition) is 3. The van der Waals surface area contributed by atoms with Gasteiger partial charge in [0.25, 0.3) is 0 Å². The Balaban J connectivity index is 2.43. The molecule has 1 rings (SSSR count). The highest BCUT2D eigenvalue weighted by atomic mass is 32.1. The summed E-state index contributed by atoms with van der Waals surface area (Å²) < 4.78 is 0. The van der Waals surface area contributed by atoms with Crippen LogP contribution in [0.2, 0.25) is 0 Å². The molecule has 0 bridgehead atoms. The zero-order chi connectivity index (χ0) is 14.1. The first-order valence-corrected chi connectivity index (χ1v) is 6.52. The maximum Gasteiger partial charge on any atom is 0.250 e. The van der Waals surface area contributed by atoms with E-state index in [1.807, 2.05) is 37.3 Å². The van der Waals surface area contributed by atoms with Crippen molar-refractivity contribution in [3.63, 3.8) is 0 Å². The van der Waals surface area contributed by atoms with Crippen molar-refractivity contribution in [1.29, 1.82) is 0 Å². The molecule has 0 saturated heterocycles. The second-order valence-electron chi connectivity index (χ2n) is 3.99. The third-order valence-corrected chi connectivity index (χ3v) is 2.73. The van der Waals surface area contributed by atoms with E-state index in [0.717, 1.165) is 12.0 Å². The van der Waals surface area contributed by atoms with Gasteiger partial charge in [-0.2, -0.15) is 0 Å². The predicted molar refractivity (Wildman–Crippen MR) is 80.5 cm³/mol.